The number of benzene rings is 2. The molecule has 28 heavy (non-hydrogen) atoms. The van der Waals surface area contributed by atoms with E-state index in [2.05, 4.69) is 21.5 Å². The second-order valence-corrected chi connectivity index (χ2v) is 5.52. The van der Waals surface area contributed by atoms with Crippen LogP contribution in [0, 0.1) is 11.6 Å². The first-order chi connectivity index (χ1) is 13.4. The SMILES string of the molecule is COc1ccc(NCC(=O)NNC(=O)CNC(=O)c2cc(F)cc(F)c2)cc1. The van der Waals surface area contributed by atoms with Crippen molar-refractivity contribution in [2.45, 2.75) is 0 Å². The van der Waals surface area contributed by atoms with Crippen LogP contribution in [0.25, 0.3) is 0 Å². The number of methoxy groups -OCH3 is 1. The molecule has 0 fully saturated rings. The van der Waals surface area contributed by atoms with Crippen molar-refractivity contribution in [2.24, 2.45) is 0 Å². The molecule has 0 aliphatic heterocycles. The maximum absolute atomic E-state index is 13.1. The Morgan fingerprint density at radius 3 is 2.04 bits per heavy atom. The molecule has 8 nitrogen and oxygen atoms in total. The van der Waals surface area contributed by atoms with Gasteiger partial charge in [0.1, 0.15) is 17.4 Å². The van der Waals surface area contributed by atoms with Gasteiger partial charge in [0, 0.05) is 17.3 Å². The number of hydrogen-bond donors (Lipinski definition) is 4. The highest BCUT2D eigenvalue weighted by Gasteiger charge is 2.11. The molecule has 0 heterocycles. The summed E-state index contributed by atoms with van der Waals surface area (Å²) in [5.74, 6) is -3.23. The van der Waals surface area contributed by atoms with Gasteiger partial charge in [-0.05, 0) is 36.4 Å². The number of nitrogens with one attached hydrogen (secondary N) is 4. The van der Waals surface area contributed by atoms with Crippen molar-refractivity contribution in [3.8, 4) is 5.75 Å². The van der Waals surface area contributed by atoms with Gasteiger partial charge in [-0.2, -0.15) is 0 Å². The minimum absolute atomic E-state index is 0.110. The largest absolute Gasteiger partial charge is 0.497 e. The first kappa shape index (κ1) is 20.6. The van der Waals surface area contributed by atoms with Gasteiger partial charge in [-0.1, -0.05) is 0 Å². The predicted molar refractivity (Wildman–Crippen MR) is 96.5 cm³/mol. The van der Waals surface area contributed by atoms with Crippen molar-refractivity contribution in [3.05, 3.63) is 59.7 Å². The molecule has 3 amide bonds. The fourth-order valence-electron chi connectivity index (χ4n) is 2.07. The second-order valence-electron chi connectivity index (χ2n) is 5.52. The summed E-state index contributed by atoms with van der Waals surface area (Å²) in [6.45, 7) is -0.606. The zero-order valence-electron chi connectivity index (χ0n) is 14.8. The highest BCUT2D eigenvalue weighted by atomic mass is 19.1. The number of carbonyl (C=O) groups excluding carboxylic acids is 3. The van der Waals surface area contributed by atoms with Crippen LogP contribution in [-0.4, -0.2) is 37.9 Å². The smallest absolute Gasteiger partial charge is 0.257 e. The lowest BCUT2D eigenvalue weighted by Gasteiger charge is -2.10. The Hall–Kier alpha value is -3.69. The minimum Gasteiger partial charge on any atom is -0.497 e. The average Bonchev–Trinajstić information content (AvgIpc) is 2.68. The zero-order chi connectivity index (χ0) is 20.5. The fourth-order valence-corrected chi connectivity index (χ4v) is 2.07. The average molecular weight is 392 g/mol. The quantitative estimate of drug-likeness (QED) is 0.525. The summed E-state index contributed by atoms with van der Waals surface area (Å²) < 4.78 is 31.2. The Kier molecular flexibility index (Phi) is 7.26. The monoisotopic (exact) mass is 392 g/mol. The summed E-state index contributed by atoms with van der Waals surface area (Å²) in [5, 5.41) is 5.02. The molecule has 0 saturated heterocycles. The number of ether oxygens (including phenoxy) is 1. The Labute approximate surface area is 159 Å². The van der Waals surface area contributed by atoms with Crippen LogP contribution in [0.2, 0.25) is 0 Å². The zero-order valence-corrected chi connectivity index (χ0v) is 14.8. The number of hydrazine groups is 1. The maximum atomic E-state index is 13.1. The van der Waals surface area contributed by atoms with E-state index in [0.717, 1.165) is 12.1 Å². The van der Waals surface area contributed by atoms with Crippen molar-refractivity contribution in [3.63, 3.8) is 0 Å². The highest BCUT2D eigenvalue weighted by molar-refractivity contribution is 5.96. The van der Waals surface area contributed by atoms with Crippen LogP contribution >= 0.6 is 0 Å². The number of hydrogen-bond acceptors (Lipinski definition) is 5. The van der Waals surface area contributed by atoms with Gasteiger partial charge in [-0.25, -0.2) is 8.78 Å². The van der Waals surface area contributed by atoms with E-state index in [1.807, 2.05) is 0 Å². The lowest BCUT2D eigenvalue weighted by Crippen LogP contribution is -2.48. The van der Waals surface area contributed by atoms with E-state index in [1.165, 1.54) is 7.11 Å². The normalized spacial score (nSPS) is 9.96. The number of amides is 3. The summed E-state index contributed by atoms with van der Waals surface area (Å²) in [4.78, 5) is 35.1. The third-order valence-electron chi connectivity index (χ3n) is 3.42. The first-order valence-electron chi connectivity index (χ1n) is 8.07. The molecule has 0 saturated carbocycles. The summed E-state index contributed by atoms with van der Waals surface area (Å²) in [7, 11) is 1.54. The number of rotatable bonds is 7. The summed E-state index contributed by atoms with van der Waals surface area (Å²) >= 11 is 0. The standard InChI is InChI=1S/C18H18F2N4O4/c1-28-15-4-2-14(3-5-15)21-9-16(25)23-24-17(26)10-22-18(27)11-6-12(19)8-13(20)7-11/h2-8,21H,9-10H2,1H3,(H,22,27)(H,23,25)(H,24,26). The van der Waals surface area contributed by atoms with E-state index in [4.69, 9.17) is 4.74 Å². The molecule has 0 atom stereocenters. The van der Waals surface area contributed by atoms with Gasteiger partial charge in [0.05, 0.1) is 20.2 Å². The van der Waals surface area contributed by atoms with E-state index in [-0.39, 0.29) is 12.1 Å². The predicted octanol–water partition coefficient (Wildman–Crippen LogP) is 0.963. The van der Waals surface area contributed by atoms with E-state index in [1.54, 1.807) is 24.3 Å². The topological polar surface area (TPSA) is 109 Å². The number of anilines is 1. The number of halogens is 2. The van der Waals surface area contributed by atoms with E-state index in [0.29, 0.717) is 17.5 Å². The van der Waals surface area contributed by atoms with Crippen LogP contribution in [0.15, 0.2) is 42.5 Å². The highest BCUT2D eigenvalue weighted by Crippen LogP contribution is 2.14. The fraction of sp³-hybridized carbons (Fsp3) is 0.167. The molecule has 0 aromatic heterocycles. The molecule has 2 aromatic rings. The van der Waals surface area contributed by atoms with Crippen LogP contribution in [0.5, 0.6) is 5.75 Å². The van der Waals surface area contributed by atoms with Gasteiger partial charge in [0.2, 0.25) is 0 Å². The molecule has 2 aromatic carbocycles. The molecule has 0 bridgehead atoms. The molecule has 0 unspecified atom stereocenters. The van der Waals surface area contributed by atoms with Crippen LogP contribution in [0.1, 0.15) is 10.4 Å². The van der Waals surface area contributed by atoms with Gasteiger partial charge >= 0.3 is 0 Å². The number of carbonyl (C=O) groups is 3. The second kappa shape index (κ2) is 9.86. The van der Waals surface area contributed by atoms with Gasteiger partial charge in [-0.3, -0.25) is 25.2 Å². The third kappa shape index (κ3) is 6.56. The van der Waals surface area contributed by atoms with Gasteiger partial charge in [-0.15, -0.1) is 0 Å². The lowest BCUT2D eigenvalue weighted by atomic mass is 10.2. The first-order valence-corrected chi connectivity index (χ1v) is 8.07. The van der Waals surface area contributed by atoms with Gasteiger partial charge in [0.25, 0.3) is 17.7 Å². The van der Waals surface area contributed by atoms with Gasteiger partial charge < -0.3 is 15.4 Å². The van der Waals surface area contributed by atoms with E-state index < -0.39 is 35.9 Å². The Bertz CT molecular complexity index is 839. The van der Waals surface area contributed by atoms with Crippen molar-refractivity contribution in [1.82, 2.24) is 16.2 Å². The Balaban J connectivity index is 1.69. The molecule has 0 aliphatic rings. The van der Waals surface area contributed by atoms with E-state index >= 15 is 0 Å². The summed E-state index contributed by atoms with van der Waals surface area (Å²) in [6, 6.07) is 9.17. The summed E-state index contributed by atoms with van der Waals surface area (Å²) in [6.07, 6.45) is 0. The van der Waals surface area contributed by atoms with Crippen LogP contribution in [0.4, 0.5) is 14.5 Å². The van der Waals surface area contributed by atoms with Crippen molar-refractivity contribution in [1.29, 1.82) is 0 Å². The Morgan fingerprint density at radius 1 is 0.893 bits per heavy atom. The molecule has 0 spiro atoms. The molecule has 148 valence electrons. The van der Waals surface area contributed by atoms with Crippen LogP contribution < -0.4 is 26.2 Å². The third-order valence-corrected chi connectivity index (χ3v) is 3.42. The molecule has 4 N–H and O–H groups in total. The van der Waals surface area contributed by atoms with Gasteiger partial charge in [0.15, 0.2) is 0 Å². The van der Waals surface area contributed by atoms with Crippen LogP contribution in [0.3, 0.4) is 0 Å². The van der Waals surface area contributed by atoms with E-state index in [9.17, 15) is 23.2 Å². The Morgan fingerprint density at radius 2 is 1.46 bits per heavy atom. The maximum Gasteiger partial charge on any atom is 0.257 e. The molecule has 0 radical (unpaired) electrons. The van der Waals surface area contributed by atoms with Crippen LogP contribution in [-0.2, 0) is 9.59 Å². The summed E-state index contributed by atoms with van der Waals surface area (Å²) in [5.41, 5.74) is 4.68. The van der Waals surface area contributed by atoms with Crippen molar-refractivity contribution >= 4 is 23.4 Å². The minimum atomic E-state index is -0.911. The molecule has 2 rings (SSSR count). The molecular formula is C18H18F2N4O4. The molecule has 0 aliphatic carbocycles. The molecular weight excluding hydrogens is 374 g/mol. The van der Waals surface area contributed by atoms with Crippen molar-refractivity contribution < 1.29 is 27.9 Å². The lowest BCUT2D eigenvalue weighted by molar-refractivity contribution is -0.127. The van der Waals surface area contributed by atoms with Crippen molar-refractivity contribution in [2.75, 3.05) is 25.5 Å². The molecule has 10 heteroatoms.